The molecule has 0 saturated heterocycles. The highest BCUT2D eigenvalue weighted by molar-refractivity contribution is 7.76. The van der Waals surface area contributed by atoms with E-state index in [2.05, 4.69) is 42.2 Å². The molecule has 44 heavy (non-hydrogen) atoms. The normalized spacial score (nSPS) is 13.4. The highest BCUT2D eigenvalue weighted by Gasteiger charge is 2.31. The molecule has 0 aliphatic rings. The van der Waals surface area contributed by atoms with E-state index >= 15 is 0 Å². The lowest BCUT2D eigenvalue weighted by atomic mass is 10.6. The summed E-state index contributed by atoms with van der Waals surface area (Å²) >= 11 is 4.72. The summed E-state index contributed by atoms with van der Waals surface area (Å²) in [6.45, 7) is 28.3. The minimum Gasteiger partial charge on any atom is -0.454 e. The summed E-state index contributed by atoms with van der Waals surface area (Å²) in [5.74, 6) is 0. The van der Waals surface area contributed by atoms with Gasteiger partial charge in [-0.3, -0.25) is 28.1 Å². The Kier molecular flexibility index (Phi) is 36.1. The summed E-state index contributed by atoms with van der Waals surface area (Å²) in [5.41, 5.74) is -2.83. The molecule has 0 spiro atoms. The lowest BCUT2D eigenvalue weighted by molar-refractivity contribution is -0.113. The Morgan fingerprint density at radius 1 is 0.795 bits per heavy atom. The molecular formula is C23H57ClO14P4Si2. The average molecular weight is 773 g/mol. The topological polar surface area (TPSA) is 217 Å². The molecule has 0 aromatic heterocycles. The van der Waals surface area contributed by atoms with Crippen molar-refractivity contribution in [3.8, 4) is 0 Å². The summed E-state index contributed by atoms with van der Waals surface area (Å²) in [6, 6.07) is 0. The second-order valence-electron chi connectivity index (χ2n) is 10.00. The zero-order valence-corrected chi connectivity index (χ0v) is 35.5. The molecule has 14 nitrogen and oxygen atoms in total. The van der Waals surface area contributed by atoms with E-state index in [0.29, 0.717) is 6.61 Å². The van der Waals surface area contributed by atoms with Crippen LogP contribution in [0.4, 0.5) is 4.79 Å². The first-order valence-electron chi connectivity index (χ1n) is 13.4. The maximum absolute atomic E-state index is 11.6. The minimum atomic E-state index is -4.40. The minimum absolute atomic E-state index is 0.107. The summed E-state index contributed by atoms with van der Waals surface area (Å²) in [6.07, 6.45) is 0.183. The Morgan fingerprint density at radius 2 is 1.16 bits per heavy atom. The van der Waals surface area contributed by atoms with Crippen LogP contribution in [0.3, 0.4) is 0 Å². The molecule has 2 unspecified atom stereocenters. The maximum atomic E-state index is 11.6. The third-order valence-electron chi connectivity index (χ3n) is 3.19. The van der Waals surface area contributed by atoms with Crippen LogP contribution >= 0.6 is 42.3 Å². The quantitative estimate of drug-likeness (QED) is 0.103. The van der Waals surface area contributed by atoms with E-state index in [1.165, 1.54) is 13.6 Å². The Bertz CT molecular complexity index is 962. The van der Waals surface area contributed by atoms with Crippen LogP contribution in [0.1, 0.15) is 54.4 Å². The van der Waals surface area contributed by atoms with Gasteiger partial charge in [0.1, 0.15) is 0 Å². The van der Waals surface area contributed by atoms with Gasteiger partial charge in [0.2, 0.25) is 16.6 Å². The van der Waals surface area contributed by atoms with E-state index in [0.717, 1.165) is 14.0 Å². The van der Waals surface area contributed by atoms with E-state index in [1.54, 1.807) is 13.8 Å². The largest absolute Gasteiger partial charge is 0.454 e. The van der Waals surface area contributed by atoms with Gasteiger partial charge in [-0.1, -0.05) is 27.7 Å². The van der Waals surface area contributed by atoms with Gasteiger partial charge in [-0.05, 0) is 59.5 Å². The van der Waals surface area contributed by atoms with Crippen molar-refractivity contribution >= 4 is 80.9 Å². The van der Waals surface area contributed by atoms with Gasteiger partial charge < -0.3 is 32.4 Å². The Hall–Kier alpha value is 0.0838. The number of carbonyl (C=O) groups is 4. The molecule has 0 heterocycles. The molecule has 0 aliphatic heterocycles. The molecule has 0 bridgehead atoms. The van der Waals surface area contributed by atoms with Gasteiger partial charge in [-0.2, -0.15) is 0 Å². The van der Waals surface area contributed by atoms with E-state index in [4.69, 9.17) is 34.7 Å². The summed E-state index contributed by atoms with van der Waals surface area (Å²) in [7, 11) is -13.4. The van der Waals surface area contributed by atoms with Crippen molar-refractivity contribution in [2.75, 3.05) is 33.7 Å². The second-order valence-corrected chi connectivity index (χ2v) is 27.7. The monoisotopic (exact) mass is 772 g/mol. The zero-order valence-electron chi connectivity index (χ0n) is 29.1. The van der Waals surface area contributed by atoms with Gasteiger partial charge >= 0.3 is 20.6 Å². The molecule has 3 N–H and O–H groups in total. The van der Waals surface area contributed by atoms with Gasteiger partial charge in [0.15, 0.2) is 16.6 Å². The van der Waals surface area contributed by atoms with E-state index < -0.39 is 55.7 Å². The van der Waals surface area contributed by atoms with Gasteiger partial charge in [-0.25, -0.2) is 4.79 Å². The van der Waals surface area contributed by atoms with Gasteiger partial charge in [0, 0.05) is 53.3 Å². The molecular weight excluding hydrogens is 716 g/mol. The van der Waals surface area contributed by atoms with Crippen molar-refractivity contribution < 1.29 is 65.2 Å². The van der Waals surface area contributed by atoms with Crippen molar-refractivity contribution in [1.82, 2.24) is 0 Å². The van der Waals surface area contributed by atoms with Crippen molar-refractivity contribution in [3.05, 3.63) is 0 Å². The summed E-state index contributed by atoms with van der Waals surface area (Å²) in [5, 5.41) is 0. The van der Waals surface area contributed by atoms with Crippen LogP contribution in [-0.4, -0.2) is 87.0 Å². The van der Waals surface area contributed by atoms with Crippen molar-refractivity contribution in [3.63, 3.8) is 0 Å². The van der Waals surface area contributed by atoms with Gasteiger partial charge in [0.25, 0.3) is 7.37 Å². The smallest absolute Gasteiger partial charge is 0.403 e. The van der Waals surface area contributed by atoms with Crippen LogP contribution in [0.15, 0.2) is 0 Å². The second kappa shape index (κ2) is 28.1. The molecule has 0 fully saturated rings. The van der Waals surface area contributed by atoms with E-state index in [9.17, 15) is 32.9 Å². The predicted octanol–water partition coefficient (Wildman–Crippen LogP) is 8.05. The first-order chi connectivity index (χ1) is 19.4. The molecule has 0 aromatic rings. The number of rotatable bonds is 11. The van der Waals surface area contributed by atoms with Crippen LogP contribution in [-0.2, 0) is 45.8 Å². The highest BCUT2D eigenvalue weighted by Crippen LogP contribution is 2.47. The Labute approximate surface area is 272 Å². The summed E-state index contributed by atoms with van der Waals surface area (Å²) in [4.78, 5) is 65.3. The molecule has 0 rings (SSSR count). The van der Waals surface area contributed by atoms with Crippen LogP contribution in [0, 0.1) is 0 Å². The lowest BCUT2D eigenvalue weighted by Crippen LogP contribution is -2.25. The highest BCUT2D eigenvalue weighted by atomic mass is 35.5. The molecule has 21 heteroatoms. The zero-order chi connectivity index (χ0) is 37.3. The number of hydrogen-bond acceptors (Lipinski definition) is 11. The van der Waals surface area contributed by atoms with Crippen LogP contribution in [0.2, 0.25) is 39.3 Å². The van der Waals surface area contributed by atoms with Crippen molar-refractivity contribution in [1.29, 1.82) is 0 Å². The van der Waals surface area contributed by atoms with E-state index in [1.807, 2.05) is 33.5 Å². The van der Waals surface area contributed by atoms with Gasteiger partial charge in [-0.15, -0.1) is 0 Å². The number of hydrogen-bond donors (Lipinski definition) is 3. The van der Waals surface area contributed by atoms with E-state index in [-0.39, 0.29) is 26.5 Å². The first kappa shape index (κ1) is 56.4. The van der Waals surface area contributed by atoms with Crippen molar-refractivity contribution in [2.24, 2.45) is 0 Å². The first-order valence-corrected chi connectivity index (χ1v) is 28.0. The molecule has 2 atom stereocenters. The SMILES string of the molecule is CC.CCC(=O)P(=O)(O)O.CCC(=O)P(C)(=O)O[Si](C)(C)C.CCOC(=O)Cl.COP(=O)(O)C(C)=O.CP(C)O[Si](C)(C)C. The predicted molar refractivity (Wildman–Crippen MR) is 186 cm³/mol. The number of ether oxygens (including phenoxy) is 1. The van der Waals surface area contributed by atoms with Crippen LogP contribution < -0.4 is 0 Å². The fraction of sp³-hybridized carbons (Fsp3) is 0.826. The van der Waals surface area contributed by atoms with Crippen molar-refractivity contribution in [2.45, 2.75) is 93.7 Å². The third kappa shape index (κ3) is 46.5. The average Bonchev–Trinajstić information content (AvgIpc) is 2.82. The van der Waals surface area contributed by atoms with Gasteiger partial charge in [0.05, 0.1) is 6.61 Å². The van der Waals surface area contributed by atoms with Crippen LogP contribution in [0.5, 0.6) is 0 Å². The third-order valence-corrected chi connectivity index (χ3v) is 14.0. The number of halogens is 1. The fourth-order valence-electron chi connectivity index (χ4n) is 1.86. The van der Waals surface area contributed by atoms with Crippen LogP contribution in [0.25, 0.3) is 0 Å². The summed E-state index contributed by atoms with van der Waals surface area (Å²) < 4.78 is 50.9. The molecule has 0 aliphatic carbocycles. The Morgan fingerprint density at radius 3 is 1.23 bits per heavy atom. The molecule has 268 valence electrons. The fourth-order valence-corrected chi connectivity index (χ4v) is 12.2. The molecule has 0 aromatic carbocycles. The molecule has 0 amide bonds. The Balaban J connectivity index is -0.000000103. The molecule has 0 saturated carbocycles. The molecule has 0 radical (unpaired) electrons. The standard InChI is InChI=1S/C7H17O3PSi.C5H15OPSi.C3H5ClO2.2C3H7O4P.C2H6/c1-6-7(8)11(2,9)10-12(3,4)5;1-7(2)6-8(3,4)5;1-2-6-3(4)5;1-3(4)8(5,6)7-2;1-2-3(4)8(5,6)7;1-2/h6H2,1-5H3;1-5H3;2H2,1H3;1-2H3,(H,5,6);2H2,1H3,(H2,5,6,7);1-2H3. The number of carbonyl (C=O) groups excluding carboxylic acids is 4. The lowest BCUT2D eigenvalue weighted by Gasteiger charge is -2.21. The maximum Gasteiger partial charge on any atom is 0.403 e.